The molecule has 0 aliphatic rings. The highest BCUT2D eigenvalue weighted by Crippen LogP contribution is 2.34. The number of Topliss-reactive ketones (excluding diaryl/α,β-unsaturated/α-hetero) is 1. The van der Waals surface area contributed by atoms with Gasteiger partial charge in [0.15, 0.2) is 11.6 Å². The number of rotatable bonds is 7. The van der Waals surface area contributed by atoms with Crippen LogP contribution in [0.15, 0.2) is 54.6 Å². The Kier molecular flexibility index (Phi) is 7.07. The predicted octanol–water partition coefficient (Wildman–Crippen LogP) is 7.07. The van der Waals surface area contributed by atoms with Crippen LogP contribution in [0.1, 0.15) is 41.7 Å². The van der Waals surface area contributed by atoms with Crippen LogP contribution in [0.4, 0.5) is 10.1 Å². The fraction of sp³-hybridized carbons (Fsp3) is 0.185. The first-order valence-corrected chi connectivity index (χ1v) is 12.1. The Bertz CT molecular complexity index is 1540. The topological polar surface area (TPSA) is 92.1 Å². The molecule has 0 aliphatic heterocycles. The van der Waals surface area contributed by atoms with Gasteiger partial charge in [0.2, 0.25) is 0 Å². The molecular formula is C27H21ClFN3O3S. The van der Waals surface area contributed by atoms with Gasteiger partial charge >= 0.3 is 0 Å². The van der Waals surface area contributed by atoms with E-state index in [1.807, 2.05) is 0 Å². The molecule has 4 rings (SSSR count). The molecule has 0 spiro atoms. The number of ketones is 1. The number of hydrogen-bond donors (Lipinski definition) is 1. The van der Waals surface area contributed by atoms with E-state index in [9.17, 15) is 19.2 Å². The number of amides is 1. The van der Waals surface area contributed by atoms with Gasteiger partial charge in [0.25, 0.3) is 5.91 Å². The van der Waals surface area contributed by atoms with Gasteiger partial charge in [0.05, 0.1) is 38.7 Å². The van der Waals surface area contributed by atoms with Gasteiger partial charge in [-0.15, -0.1) is 11.3 Å². The van der Waals surface area contributed by atoms with E-state index in [1.165, 1.54) is 36.5 Å². The molecule has 3 aromatic carbocycles. The van der Waals surface area contributed by atoms with E-state index < -0.39 is 17.1 Å². The van der Waals surface area contributed by atoms with Crippen molar-refractivity contribution in [2.45, 2.75) is 32.6 Å². The maximum atomic E-state index is 14.5. The van der Waals surface area contributed by atoms with Gasteiger partial charge in [-0.3, -0.25) is 9.59 Å². The number of nitriles is 1. The van der Waals surface area contributed by atoms with Crippen molar-refractivity contribution in [3.63, 3.8) is 0 Å². The van der Waals surface area contributed by atoms with Crippen LogP contribution in [0.25, 0.3) is 10.2 Å². The van der Waals surface area contributed by atoms with Gasteiger partial charge in [-0.25, -0.2) is 9.37 Å². The van der Waals surface area contributed by atoms with Gasteiger partial charge < -0.3 is 10.1 Å². The summed E-state index contributed by atoms with van der Waals surface area (Å²) in [6, 6.07) is 16.2. The lowest BCUT2D eigenvalue weighted by Crippen LogP contribution is -2.18. The molecule has 1 aromatic heterocycles. The maximum absolute atomic E-state index is 14.5. The average Bonchev–Trinajstić information content (AvgIpc) is 3.22. The Morgan fingerprint density at radius 1 is 1.19 bits per heavy atom. The van der Waals surface area contributed by atoms with Crippen LogP contribution < -0.4 is 10.1 Å². The van der Waals surface area contributed by atoms with E-state index in [-0.39, 0.29) is 28.5 Å². The summed E-state index contributed by atoms with van der Waals surface area (Å²) in [4.78, 5) is 28.7. The number of hydrogen-bond acceptors (Lipinski definition) is 6. The van der Waals surface area contributed by atoms with Crippen molar-refractivity contribution in [1.82, 2.24) is 4.98 Å². The summed E-state index contributed by atoms with van der Waals surface area (Å²) in [6.07, 6.45) is 0.257. The van der Waals surface area contributed by atoms with Gasteiger partial charge in [-0.05, 0) is 56.7 Å². The van der Waals surface area contributed by atoms with Crippen LogP contribution in [0.5, 0.6) is 11.5 Å². The fourth-order valence-electron chi connectivity index (χ4n) is 3.54. The minimum absolute atomic E-state index is 0.0215. The number of carbonyl (C=O) groups is 2. The summed E-state index contributed by atoms with van der Waals surface area (Å²) in [7, 11) is 0. The lowest BCUT2D eigenvalue weighted by atomic mass is 9.85. The zero-order chi connectivity index (χ0) is 26.0. The Morgan fingerprint density at radius 3 is 2.69 bits per heavy atom. The molecule has 4 aromatic rings. The molecule has 36 heavy (non-hydrogen) atoms. The van der Waals surface area contributed by atoms with Crippen molar-refractivity contribution in [3.8, 4) is 17.6 Å². The minimum Gasteiger partial charge on any atom is -0.454 e. The SMILES string of the molecule is CC(=O)Cc1nc2ccc(Oc3cc(NC(=O)c4cccc(C(C)(C)C#N)c4Cl)ccc3F)cc2s1. The van der Waals surface area contributed by atoms with E-state index in [1.54, 1.807) is 50.2 Å². The molecular weight excluding hydrogens is 501 g/mol. The summed E-state index contributed by atoms with van der Waals surface area (Å²) >= 11 is 7.83. The summed E-state index contributed by atoms with van der Waals surface area (Å²) in [5.41, 5.74) is 0.883. The summed E-state index contributed by atoms with van der Waals surface area (Å²) in [5.74, 6) is -0.778. The quantitative estimate of drug-likeness (QED) is 0.281. The van der Waals surface area contributed by atoms with Crippen molar-refractivity contribution in [2.75, 3.05) is 5.32 Å². The van der Waals surface area contributed by atoms with Gasteiger partial charge in [0.1, 0.15) is 16.5 Å². The zero-order valence-electron chi connectivity index (χ0n) is 19.7. The average molecular weight is 522 g/mol. The smallest absolute Gasteiger partial charge is 0.257 e. The number of aromatic nitrogens is 1. The molecule has 1 amide bonds. The molecule has 182 valence electrons. The molecule has 6 nitrogen and oxygen atoms in total. The maximum Gasteiger partial charge on any atom is 0.257 e. The number of thiazole rings is 1. The lowest BCUT2D eigenvalue weighted by molar-refractivity contribution is -0.116. The Hall–Kier alpha value is -3.80. The molecule has 0 saturated heterocycles. The second kappa shape index (κ2) is 10.1. The largest absolute Gasteiger partial charge is 0.454 e. The standard InChI is InChI=1S/C27H21ClFN3O3S/c1-15(33)11-24-32-21-10-8-17(13-23(21)36-24)35-22-12-16(7-9-20(22)29)31-26(34)18-5-4-6-19(25(18)28)27(2,3)14-30/h4-10,12-13H,11H2,1-3H3,(H,31,34). The first-order chi connectivity index (χ1) is 17.1. The number of halogens is 2. The van der Waals surface area contributed by atoms with Crippen molar-refractivity contribution in [3.05, 3.63) is 81.6 Å². The third-order valence-corrected chi connectivity index (χ3v) is 6.84. The van der Waals surface area contributed by atoms with Crippen LogP contribution in [-0.4, -0.2) is 16.7 Å². The highest BCUT2D eigenvalue weighted by molar-refractivity contribution is 7.18. The molecule has 0 bridgehead atoms. The normalized spacial score (nSPS) is 11.2. The summed E-state index contributed by atoms with van der Waals surface area (Å²) < 4.78 is 21.1. The van der Waals surface area contributed by atoms with Crippen molar-refractivity contribution >= 4 is 50.5 Å². The Labute approximate surface area is 216 Å². The molecule has 1 N–H and O–H groups in total. The number of ether oxygens (including phenoxy) is 1. The number of nitrogens with one attached hydrogen (secondary N) is 1. The van der Waals surface area contributed by atoms with E-state index in [4.69, 9.17) is 16.3 Å². The van der Waals surface area contributed by atoms with Crippen molar-refractivity contribution < 1.29 is 18.7 Å². The highest BCUT2D eigenvalue weighted by Gasteiger charge is 2.25. The molecule has 1 heterocycles. The van der Waals surface area contributed by atoms with Crippen LogP contribution in [0.3, 0.4) is 0 Å². The minimum atomic E-state index is -0.879. The number of nitrogens with zero attached hydrogens (tertiary/aromatic N) is 2. The highest BCUT2D eigenvalue weighted by atomic mass is 35.5. The molecule has 9 heteroatoms. The third kappa shape index (κ3) is 5.38. The number of fused-ring (bicyclic) bond motifs is 1. The van der Waals surface area contributed by atoms with E-state index in [0.717, 1.165) is 10.2 Å². The Balaban J connectivity index is 1.56. The number of benzene rings is 3. The molecule has 0 atom stereocenters. The second-order valence-corrected chi connectivity index (χ2v) is 10.2. The first-order valence-electron chi connectivity index (χ1n) is 11.0. The van der Waals surface area contributed by atoms with Crippen LogP contribution in [-0.2, 0) is 16.6 Å². The summed E-state index contributed by atoms with van der Waals surface area (Å²) in [6.45, 7) is 4.94. The van der Waals surface area contributed by atoms with Crippen molar-refractivity contribution in [2.24, 2.45) is 0 Å². The molecule has 0 fully saturated rings. The summed E-state index contributed by atoms with van der Waals surface area (Å²) in [5, 5.41) is 13.0. The van der Waals surface area contributed by atoms with Crippen LogP contribution >= 0.6 is 22.9 Å². The lowest BCUT2D eigenvalue weighted by Gasteiger charge is -2.19. The fourth-order valence-corrected chi connectivity index (χ4v) is 5.05. The second-order valence-electron chi connectivity index (χ2n) is 8.72. The molecule has 0 radical (unpaired) electrons. The monoisotopic (exact) mass is 521 g/mol. The van der Waals surface area contributed by atoms with Crippen LogP contribution in [0, 0.1) is 17.1 Å². The Morgan fingerprint density at radius 2 is 1.97 bits per heavy atom. The zero-order valence-corrected chi connectivity index (χ0v) is 21.3. The number of carbonyl (C=O) groups excluding carboxylic acids is 2. The first kappa shape index (κ1) is 25.3. The third-order valence-electron chi connectivity index (χ3n) is 5.42. The van der Waals surface area contributed by atoms with Gasteiger partial charge in [-0.2, -0.15) is 5.26 Å². The molecule has 0 saturated carbocycles. The predicted molar refractivity (Wildman–Crippen MR) is 139 cm³/mol. The van der Waals surface area contributed by atoms with Crippen LogP contribution in [0.2, 0.25) is 5.02 Å². The van der Waals surface area contributed by atoms with E-state index in [0.29, 0.717) is 22.0 Å². The van der Waals surface area contributed by atoms with E-state index >= 15 is 0 Å². The molecule has 0 aliphatic carbocycles. The molecule has 0 unspecified atom stereocenters. The van der Waals surface area contributed by atoms with Crippen molar-refractivity contribution in [1.29, 1.82) is 5.26 Å². The van der Waals surface area contributed by atoms with E-state index in [2.05, 4.69) is 16.4 Å². The number of anilines is 1. The van der Waals surface area contributed by atoms with Gasteiger partial charge in [-0.1, -0.05) is 23.7 Å². The van der Waals surface area contributed by atoms with Gasteiger partial charge in [0, 0.05) is 17.8 Å².